The number of benzene rings is 1. The van der Waals surface area contributed by atoms with Gasteiger partial charge in [-0.25, -0.2) is 0 Å². The number of ether oxygens (including phenoxy) is 2. The van der Waals surface area contributed by atoms with Gasteiger partial charge in [-0.1, -0.05) is 24.6 Å². The van der Waals surface area contributed by atoms with Crippen LogP contribution in [0.15, 0.2) is 24.3 Å². The summed E-state index contributed by atoms with van der Waals surface area (Å²) in [6, 6.07) is 8.71. The minimum absolute atomic E-state index is 0.167. The Kier molecular flexibility index (Phi) is 9.00. The summed E-state index contributed by atoms with van der Waals surface area (Å²) in [5.74, 6) is 1.35. The number of nitrogens with one attached hydrogen (secondary N) is 1. The van der Waals surface area contributed by atoms with Gasteiger partial charge in [0.05, 0.1) is 31.7 Å². The van der Waals surface area contributed by atoms with Crippen LogP contribution < -0.4 is 10.1 Å². The molecular weight excluding hydrogens is 468 g/mol. The molecule has 1 N–H and O–H groups in total. The number of fused-ring (bicyclic) bond motifs is 1. The first-order valence-corrected chi connectivity index (χ1v) is 14.4. The van der Waals surface area contributed by atoms with Crippen LogP contribution in [0.5, 0.6) is 5.75 Å². The monoisotopic (exact) mass is 512 g/mol. The van der Waals surface area contributed by atoms with Gasteiger partial charge in [0.1, 0.15) is 12.4 Å². The van der Waals surface area contributed by atoms with Crippen molar-refractivity contribution in [3.63, 3.8) is 0 Å². The highest BCUT2D eigenvalue weighted by molar-refractivity contribution is 5.83. The SMILES string of the molecule is O=C(CN1CCC2(CCCCc3ccccc3OCCNC2=O)CC1)N1CCCC(N2CCOCC2)C1. The zero-order valence-corrected chi connectivity index (χ0v) is 22.3. The number of piperidine rings is 2. The van der Waals surface area contributed by atoms with Crippen LogP contribution in [-0.4, -0.2) is 105 Å². The van der Waals surface area contributed by atoms with E-state index in [2.05, 4.69) is 32.1 Å². The van der Waals surface area contributed by atoms with Crippen LogP contribution in [0.25, 0.3) is 0 Å². The van der Waals surface area contributed by atoms with Crippen molar-refractivity contribution in [2.45, 2.75) is 57.4 Å². The number of nitrogens with zero attached hydrogens (tertiary/aromatic N) is 3. The molecule has 2 amide bonds. The average molecular weight is 513 g/mol. The number of likely N-dealkylation sites (tertiary alicyclic amines) is 2. The third-order valence-corrected chi connectivity index (χ3v) is 8.93. The summed E-state index contributed by atoms with van der Waals surface area (Å²) >= 11 is 0. The fourth-order valence-corrected chi connectivity index (χ4v) is 6.59. The molecule has 0 bridgehead atoms. The summed E-state index contributed by atoms with van der Waals surface area (Å²) in [5, 5.41) is 3.16. The van der Waals surface area contributed by atoms with Gasteiger partial charge < -0.3 is 19.7 Å². The lowest BCUT2D eigenvalue weighted by molar-refractivity contribution is -0.137. The normalized spacial score (nSPS) is 26.3. The first kappa shape index (κ1) is 26.4. The highest BCUT2D eigenvalue weighted by atomic mass is 16.5. The standard InChI is InChI=1S/C29H44N4O4/c34-27(33-14-5-8-25(22-33)32-17-20-36-21-18-32)23-31-15-11-29(12-16-31)10-4-3-7-24-6-1-2-9-26(24)37-19-13-30-28(29)35/h1-2,6,9,25H,3-5,7-8,10-23H2,(H,30,35). The number of aryl methyl sites for hydroxylation is 1. The topological polar surface area (TPSA) is 74.4 Å². The minimum Gasteiger partial charge on any atom is -0.491 e. The maximum Gasteiger partial charge on any atom is 0.236 e. The lowest BCUT2D eigenvalue weighted by Gasteiger charge is -2.43. The first-order valence-electron chi connectivity index (χ1n) is 14.4. The van der Waals surface area contributed by atoms with Crippen LogP contribution in [0.1, 0.15) is 50.5 Å². The molecule has 0 aliphatic carbocycles. The van der Waals surface area contributed by atoms with Crippen molar-refractivity contribution >= 4 is 11.8 Å². The predicted octanol–water partition coefficient (Wildman–Crippen LogP) is 2.31. The van der Waals surface area contributed by atoms with E-state index in [1.165, 1.54) is 12.0 Å². The second kappa shape index (κ2) is 12.6. The predicted molar refractivity (Wildman–Crippen MR) is 143 cm³/mol. The van der Waals surface area contributed by atoms with Crippen LogP contribution in [0.2, 0.25) is 0 Å². The summed E-state index contributed by atoms with van der Waals surface area (Å²) in [6.07, 6.45) is 7.86. The fraction of sp³-hybridized carbons (Fsp3) is 0.724. The van der Waals surface area contributed by atoms with Gasteiger partial charge in [0.15, 0.2) is 0 Å². The Morgan fingerprint density at radius 1 is 0.973 bits per heavy atom. The second-order valence-electron chi connectivity index (χ2n) is 11.3. The number of morpholine rings is 1. The first-order chi connectivity index (χ1) is 18.1. The molecule has 3 saturated heterocycles. The molecule has 0 radical (unpaired) electrons. The van der Waals surface area contributed by atoms with Crippen LogP contribution in [0, 0.1) is 5.41 Å². The van der Waals surface area contributed by atoms with Crippen LogP contribution in [0.3, 0.4) is 0 Å². The maximum absolute atomic E-state index is 13.3. The zero-order valence-electron chi connectivity index (χ0n) is 22.3. The fourth-order valence-electron chi connectivity index (χ4n) is 6.59. The largest absolute Gasteiger partial charge is 0.491 e. The molecule has 8 nitrogen and oxygen atoms in total. The summed E-state index contributed by atoms with van der Waals surface area (Å²) in [6.45, 7) is 8.34. The molecule has 4 aliphatic heterocycles. The van der Waals surface area contributed by atoms with E-state index in [0.717, 1.165) is 103 Å². The molecule has 3 fully saturated rings. The van der Waals surface area contributed by atoms with E-state index in [9.17, 15) is 9.59 Å². The molecule has 1 aromatic rings. The number of hydrogen-bond acceptors (Lipinski definition) is 6. The molecule has 1 aromatic carbocycles. The van der Waals surface area contributed by atoms with Gasteiger partial charge in [-0.3, -0.25) is 19.4 Å². The lowest BCUT2D eigenvalue weighted by Crippen LogP contribution is -2.55. The van der Waals surface area contributed by atoms with Crippen molar-refractivity contribution in [3.8, 4) is 5.75 Å². The number of para-hydroxylation sites is 1. The van der Waals surface area contributed by atoms with Gasteiger partial charge in [-0.05, 0) is 69.7 Å². The van der Waals surface area contributed by atoms with Gasteiger partial charge in [-0.2, -0.15) is 0 Å². The van der Waals surface area contributed by atoms with Gasteiger partial charge in [-0.15, -0.1) is 0 Å². The van der Waals surface area contributed by atoms with Gasteiger partial charge >= 0.3 is 0 Å². The molecule has 8 heteroatoms. The van der Waals surface area contributed by atoms with Crippen molar-refractivity contribution in [1.82, 2.24) is 20.0 Å². The number of hydrogen-bond donors (Lipinski definition) is 1. The van der Waals surface area contributed by atoms with Crippen molar-refractivity contribution < 1.29 is 19.1 Å². The Morgan fingerprint density at radius 2 is 1.78 bits per heavy atom. The second-order valence-corrected chi connectivity index (χ2v) is 11.3. The smallest absolute Gasteiger partial charge is 0.236 e. The number of carbonyl (C=O) groups excluding carboxylic acids is 2. The molecule has 1 unspecified atom stereocenters. The summed E-state index contributed by atoms with van der Waals surface area (Å²) in [4.78, 5) is 33.4. The van der Waals surface area contributed by atoms with E-state index >= 15 is 0 Å². The van der Waals surface area contributed by atoms with Gasteiger partial charge in [0, 0.05) is 32.2 Å². The number of amides is 2. The lowest BCUT2D eigenvalue weighted by atomic mass is 9.73. The summed E-state index contributed by atoms with van der Waals surface area (Å²) in [7, 11) is 0. The quantitative estimate of drug-likeness (QED) is 0.670. The highest BCUT2D eigenvalue weighted by Crippen LogP contribution is 2.37. The molecule has 1 spiro atoms. The van der Waals surface area contributed by atoms with Gasteiger partial charge in [0.25, 0.3) is 0 Å². The highest BCUT2D eigenvalue weighted by Gasteiger charge is 2.41. The maximum atomic E-state index is 13.3. The molecule has 4 heterocycles. The van der Waals surface area contributed by atoms with Crippen molar-refractivity contribution in [1.29, 1.82) is 0 Å². The van der Waals surface area contributed by atoms with Crippen LogP contribution >= 0.6 is 0 Å². The summed E-state index contributed by atoms with van der Waals surface area (Å²) in [5.41, 5.74) is 0.926. The van der Waals surface area contributed by atoms with E-state index in [1.807, 2.05) is 12.1 Å². The molecule has 204 valence electrons. The minimum atomic E-state index is -0.329. The average Bonchev–Trinajstić information content (AvgIpc) is 2.95. The van der Waals surface area contributed by atoms with Crippen molar-refractivity contribution in [3.05, 3.63) is 29.8 Å². The molecular formula is C29H44N4O4. The van der Waals surface area contributed by atoms with E-state index in [-0.39, 0.29) is 17.2 Å². The van der Waals surface area contributed by atoms with E-state index < -0.39 is 0 Å². The van der Waals surface area contributed by atoms with Crippen molar-refractivity contribution in [2.75, 3.05) is 72.2 Å². The Balaban J connectivity index is 1.13. The third kappa shape index (κ3) is 6.65. The molecule has 0 saturated carbocycles. The summed E-state index contributed by atoms with van der Waals surface area (Å²) < 4.78 is 11.5. The number of rotatable bonds is 3. The van der Waals surface area contributed by atoms with Crippen molar-refractivity contribution in [2.24, 2.45) is 5.41 Å². The Hall–Kier alpha value is -2.16. The molecule has 1 atom stereocenters. The third-order valence-electron chi connectivity index (χ3n) is 8.93. The Labute approximate surface area is 221 Å². The molecule has 5 rings (SSSR count). The Morgan fingerprint density at radius 3 is 2.62 bits per heavy atom. The van der Waals surface area contributed by atoms with Crippen LogP contribution in [0.4, 0.5) is 0 Å². The van der Waals surface area contributed by atoms with E-state index in [1.54, 1.807) is 0 Å². The van der Waals surface area contributed by atoms with E-state index in [4.69, 9.17) is 9.47 Å². The van der Waals surface area contributed by atoms with Gasteiger partial charge in [0.2, 0.25) is 11.8 Å². The molecule has 0 aromatic heterocycles. The molecule has 4 aliphatic rings. The van der Waals surface area contributed by atoms with E-state index in [0.29, 0.717) is 25.7 Å². The Bertz CT molecular complexity index is 911. The number of carbonyl (C=O) groups is 2. The zero-order chi connectivity index (χ0) is 25.5. The van der Waals surface area contributed by atoms with Crippen LogP contribution in [-0.2, 0) is 20.7 Å². The molecule has 37 heavy (non-hydrogen) atoms.